The van der Waals surface area contributed by atoms with Gasteiger partial charge < -0.3 is 25.3 Å². The van der Waals surface area contributed by atoms with E-state index in [4.69, 9.17) is 19.9 Å². The van der Waals surface area contributed by atoms with Crippen molar-refractivity contribution in [3.63, 3.8) is 0 Å². The Hall–Kier alpha value is -1.95. The Morgan fingerprint density at radius 2 is 1.71 bits per heavy atom. The predicted molar refractivity (Wildman–Crippen MR) is 79.2 cm³/mol. The first-order valence-electron chi connectivity index (χ1n) is 6.87. The second-order valence-corrected chi connectivity index (χ2v) is 5.29. The maximum absolute atomic E-state index is 12.4. The van der Waals surface area contributed by atoms with Crippen LogP contribution in [0.2, 0.25) is 0 Å². The van der Waals surface area contributed by atoms with E-state index in [2.05, 4.69) is 5.32 Å². The number of nitrogens with two attached hydrogens (primary N) is 1. The van der Waals surface area contributed by atoms with Gasteiger partial charge in [-0.2, -0.15) is 0 Å². The van der Waals surface area contributed by atoms with E-state index in [1.807, 2.05) is 0 Å². The molecule has 1 amide bonds. The standard InChI is InChI=1S/C15H22N2O4/c1-19-11-7-13(21-3)12(20-2)6-10(11)14(18)17-9-15(8-16)4-5-15/h6-7H,4-5,8-9,16H2,1-3H3,(H,17,18). The van der Waals surface area contributed by atoms with Crippen LogP contribution in [0.15, 0.2) is 12.1 Å². The number of carbonyl (C=O) groups excluding carboxylic acids is 1. The molecule has 0 aromatic heterocycles. The minimum atomic E-state index is -0.201. The summed E-state index contributed by atoms with van der Waals surface area (Å²) in [4.78, 5) is 12.4. The third-order valence-electron chi connectivity index (χ3n) is 3.96. The van der Waals surface area contributed by atoms with Gasteiger partial charge in [0.2, 0.25) is 0 Å². The molecule has 0 aliphatic heterocycles. The molecule has 1 saturated carbocycles. The molecule has 0 saturated heterocycles. The lowest BCUT2D eigenvalue weighted by Gasteiger charge is -2.16. The number of amides is 1. The third-order valence-corrected chi connectivity index (χ3v) is 3.96. The molecule has 1 fully saturated rings. The molecule has 1 aliphatic carbocycles. The zero-order valence-electron chi connectivity index (χ0n) is 12.7. The highest BCUT2D eigenvalue weighted by Gasteiger charge is 2.41. The fourth-order valence-electron chi connectivity index (χ4n) is 2.20. The largest absolute Gasteiger partial charge is 0.496 e. The molecule has 1 aliphatic rings. The Labute approximate surface area is 124 Å². The van der Waals surface area contributed by atoms with Crippen LogP contribution in [-0.2, 0) is 0 Å². The molecule has 6 nitrogen and oxygen atoms in total. The Balaban J connectivity index is 2.18. The maximum atomic E-state index is 12.4. The first-order chi connectivity index (χ1) is 10.1. The highest BCUT2D eigenvalue weighted by Crippen LogP contribution is 2.43. The van der Waals surface area contributed by atoms with Crippen molar-refractivity contribution >= 4 is 5.91 Å². The van der Waals surface area contributed by atoms with Crippen LogP contribution in [0.25, 0.3) is 0 Å². The molecular weight excluding hydrogens is 272 g/mol. The van der Waals surface area contributed by atoms with E-state index < -0.39 is 0 Å². The van der Waals surface area contributed by atoms with Crippen LogP contribution in [0.5, 0.6) is 17.2 Å². The quantitative estimate of drug-likeness (QED) is 0.789. The summed E-state index contributed by atoms with van der Waals surface area (Å²) in [5.74, 6) is 1.25. The zero-order chi connectivity index (χ0) is 15.5. The van der Waals surface area contributed by atoms with Crippen LogP contribution in [0.3, 0.4) is 0 Å². The van der Waals surface area contributed by atoms with Gasteiger partial charge in [-0.15, -0.1) is 0 Å². The van der Waals surface area contributed by atoms with Crippen LogP contribution < -0.4 is 25.3 Å². The van der Waals surface area contributed by atoms with Gasteiger partial charge in [0.1, 0.15) is 5.75 Å². The van der Waals surface area contributed by atoms with Gasteiger partial charge in [-0.05, 0) is 19.4 Å². The monoisotopic (exact) mass is 294 g/mol. The maximum Gasteiger partial charge on any atom is 0.255 e. The second-order valence-electron chi connectivity index (χ2n) is 5.29. The molecule has 2 rings (SSSR count). The van der Waals surface area contributed by atoms with Gasteiger partial charge in [0.05, 0.1) is 26.9 Å². The SMILES string of the molecule is COc1cc(OC)c(C(=O)NCC2(CN)CC2)cc1OC. The normalized spacial score (nSPS) is 15.2. The van der Waals surface area contributed by atoms with Crippen LogP contribution >= 0.6 is 0 Å². The van der Waals surface area contributed by atoms with E-state index in [-0.39, 0.29) is 11.3 Å². The van der Waals surface area contributed by atoms with E-state index in [0.717, 1.165) is 12.8 Å². The lowest BCUT2D eigenvalue weighted by molar-refractivity contribution is 0.0942. The minimum Gasteiger partial charge on any atom is -0.496 e. The van der Waals surface area contributed by atoms with Crippen molar-refractivity contribution in [2.45, 2.75) is 12.8 Å². The number of hydrogen-bond donors (Lipinski definition) is 2. The number of nitrogens with one attached hydrogen (secondary N) is 1. The van der Waals surface area contributed by atoms with Gasteiger partial charge in [0.25, 0.3) is 5.91 Å². The topological polar surface area (TPSA) is 82.8 Å². The van der Waals surface area contributed by atoms with E-state index >= 15 is 0 Å². The summed E-state index contributed by atoms with van der Waals surface area (Å²) >= 11 is 0. The molecule has 116 valence electrons. The average Bonchev–Trinajstić information content (AvgIpc) is 3.31. The summed E-state index contributed by atoms with van der Waals surface area (Å²) in [6, 6.07) is 3.26. The molecule has 1 aromatic carbocycles. The number of methoxy groups -OCH3 is 3. The zero-order valence-corrected chi connectivity index (χ0v) is 12.7. The first kappa shape index (κ1) is 15.4. The first-order valence-corrected chi connectivity index (χ1v) is 6.87. The Bertz CT molecular complexity index is 527. The van der Waals surface area contributed by atoms with Gasteiger partial charge in [-0.25, -0.2) is 0 Å². The van der Waals surface area contributed by atoms with Crippen molar-refractivity contribution < 1.29 is 19.0 Å². The lowest BCUT2D eigenvalue weighted by Crippen LogP contribution is -2.34. The summed E-state index contributed by atoms with van der Waals surface area (Å²) in [6.07, 6.45) is 2.12. The molecule has 0 atom stereocenters. The number of rotatable bonds is 7. The summed E-state index contributed by atoms with van der Waals surface area (Å²) in [5, 5.41) is 2.92. The number of ether oxygens (including phenoxy) is 3. The van der Waals surface area contributed by atoms with Gasteiger partial charge in [-0.1, -0.05) is 0 Å². The van der Waals surface area contributed by atoms with Crippen molar-refractivity contribution in [3.05, 3.63) is 17.7 Å². The van der Waals surface area contributed by atoms with Gasteiger partial charge in [0.15, 0.2) is 11.5 Å². The van der Waals surface area contributed by atoms with Crippen molar-refractivity contribution in [1.82, 2.24) is 5.32 Å². The number of benzene rings is 1. The van der Waals surface area contributed by atoms with Crippen molar-refractivity contribution in [1.29, 1.82) is 0 Å². The van der Waals surface area contributed by atoms with Gasteiger partial charge >= 0.3 is 0 Å². The number of carbonyl (C=O) groups is 1. The van der Waals surface area contributed by atoms with Crippen molar-refractivity contribution in [2.75, 3.05) is 34.4 Å². The molecule has 6 heteroatoms. The van der Waals surface area contributed by atoms with Gasteiger partial charge in [-0.3, -0.25) is 4.79 Å². The Morgan fingerprint density at radius 3 is 2.19 bits per heavy atom. The summed E-state index contributed by atoms with van der Waals surface area (Å²) in [7, 11) is 4.58. The molecule has 0 bridgehead atoms. The lowest BCUT2D eigenvalue weighted by atomic mass is 10.1. The summed E-state index contributed by atoms with van der Waals surface area (Å²) in [5.41, 5.74) is 6.22. The van der Waals surface area contributed by atoms with E-state index in [1.54, 1.807) is 12.1 Å². The molecular formula is C15H22N2O4. The van der Waals surface area contributed by atoms with Crippen LogP contribution in [-0.4, -0.2) is 40.3 Å². The van der Waals surface area contributed by atoms with Crippen LogP contribution in [0.1, 0.15) is 23.2 Å². The average molecular weight is 294 g/mol. The highest BCUT2D eigenvalue weighted by atomic mass is 16.5. The van der Waals surface area contributed by atoms with Crippen LogP contribution in [0.4, 0.5) is 0 Å². The fourth-order valence-corrected chi connectivity index (χ4v) is 2.20. The number of hydrogen-bond acceptors (Lipinski definition) is 5. The Kier molecular flexibility index (Phi) is 4.57. The van der Waals surface area contributed by atoms with Crippen LogP contribution in [0, 0.1) is 5.41 Å². The molecule has 1 aromatic rings. The second kappa shape index (κ2) is 6.22. The van der Waals surface area contributed by atoms with Crippen molar-refractivity contribution in [3.8, 4) is 17.2 Å². The molecule has 21 heavy (non-hydrogen) atoms. The summed E-state index contributed by atoms with van der Waals surface area (Å²) < 4.78 is 15.7. The van der Waals surface area contributed by atoms with Gasteiger partial charge in [0, 0.05) is 24.1 Å². The summed E-state index contributed by atoms with van der Waals surface area (Å²) in [6.45, 7) is 1.18. The van der Waals surface area contributed by atoms with Crippen molar-refractivity contribution in [2.24, 2.45) is 11.1 Å². The fraction of sp³-hybridized carbons (Fsp3) is 0.533. The molecule has 3 N–H and O–H groups in total. The molecule has 0 unspecified atom stereocenters. The smallest absolute Gasteiger partial charge is 0.255 e. The molecule has 0 heterocycles. The molecule has 0 radical (unpaired) electrons. The van der Waals surface area contributed by atoms with E-state index in [0.29, 0.717) is 35.9 Å². The van der Waals surface area contributed by atoms with E-state index in [1.165, 1.54) is 21.3 Å². The third kappa shape index (κ3) is 3.21. The minimum absolute atomic E-state index is 0.0828. The predicted octanol–water partition coefficient (Wildman–Crippen LogP) is 1.18. The molecule has 0 spiro atoms. The Morgan fingerprint density at radius 1 is 1.14 bits per heavy atom. The highest BCUT2D eigenvalue weighted by molar-refractivity contribution is 5.97. The van der Waals surface area contributed by atoms with E-state index in [9.17, 15) is 4.79 Å².